The molecule has 3 fully saturated rings. The number of aliphatic hydroxyl groups is 1. The molecule has 4 rings (SSSR count). The van der Waals surface area contributed by atoms with Gasteiger partial charge in [0.05, 0.1) is 6.10 Å². The zero-order valence-electron chi connectivity index (χ0n) is 21.7. The predicted molar refractivity (Wildman–Crippen MR) is 133 cm³/mol. The molecule has 0 saturated heterocycles. The van der Waals surface area contributed by atoms with Gasteiger partial charge in [-0.15, -0.1) is 0 Å². The molecule has 3 saturated carbocycles. The van der Waals surface area contributed by atoms with Gasteiger partial charge in [0.15, 0.2) is 0 Å². The molecule has 1 N–H and O–H groups in total. The van der Waals surface area contributed by atoms with Crippen molar-refractivity contribution >= 4 is 0 Å². The lowest BCUT2D eigenvalue weighted by molar-refractivity contribution is -0.0768. The quantitative estimate of drug-likeness (QED) is 0.451. The first-order chi connectivity index (χ1) is 14.5. The van der Waals surface area contributed by atoms with Crippen molar-refractivity contribution in [1.82, 2.24) is 0 Å². The molecule has 10 atom stereocenters. The average molecular weight is 427 g/mol. The van der Waals surface area contributed by atoms with Gasteiger partial charge in [0, 0.05) is 0 Å². The smallest absolute Gasteiger partial charge is 0.0568 e. The second-order valence-electron chi connectivity index (χ2n) is 13.2. The molecule has 0 aromatic rings. The second-order valence-corrected chi connectivity index (χ2v) is 13.2. The van der Waals surface area contributed by atoms with Crippen molar-refractivity contribution < 1.29 is 5.11 Å². The summed E-state index contributed by atoms with van der Waals surface area (Å²) in [5, 5.41) is 10.5. The lowest BCUT2D eigenvalue weighted by Gasteiger charge is -2.59. The van der Waals surface area contributed by atoms with Gasteiger partial charge in [-0.25, -0.2) is 0 Å². The maximum Gasteiger partial charge on any atom is 0.0568 e. The summed E-state index contributed by atoms with van der Waals surface area (Å²) in [5.74, 6) is 5.62. The van der Waals surface area contributed by atoms with Gasteiger partial charge in [-0.05, 0) is 110 Å². The molecular weight excluding hydrogens is 376 g/mol. The van der Waals surface area contributed by atoms with E-state index in [1.54, 1.807) is 5.57 Å². The molecule has 176 valence electrons. The zero-order chi connectivity index (χ0) is 22.7. The highest BCUT2D eigenvalue weighted by molar-refractivity contribution is 5.29. The number of aliphatic hydroxyl groups excluding tert-OH is 1. The third-order valence-corrected chi connectivity index (χ3v) is 11.6. The van der Waals surface area contributed by atoms with Crippen LogP contribution in [0.15, 0.2) is 23.3 Å². The first-order valence-corrected chi connectivity index (χ1v) is 13.6. The Hall–Kier alpha value is -0.560. The molecule has 0 heterocycles. The highest BCUT2D eigenvalue weighted by Gasteiger charge is 2.59. The molecule has 0 amide bonds. The highest BCUT2D eigenvalue weighted by atomic mass is 16.3. The van der Waals surface area contributed by atoms with E-state index in [-0.39, 0.29) is 6.10 Å². The SMILES string of the molecule is CC(=C[C@H](C)C(C)C)[C@@H](C)[C@H]1CC[C@H]2C3=CC[C@H]4[C@H](C)[C@@H](O)CC[C@]4(C)[C@H]3CC[C@]12C. The van der Waals surface area contributed by atoms with Crippen LogP contribution < -0.4 is 0 Å². The zero-order valence-corrected chi connectivity index (χ0v) is 21.7. The Labute approximate surface area is 193 Å². The lowest BCUT2D eigenvalue weighted by atomic mass is 9.46. The Morgan fingerprint density at radius 3 is 2.32 bits per heavy atom. The largest absolute Gasteiger partial charge is 0.393 e. The fraction of sp³-hybridized carbons (Fsp3) is 0.867. The summed E-state index contributed by atoms with van der Waals surface area (Å²) in [4.78, 5) is 0. The van der Waals surface area contributed by atoms with Crippen molar-refractivity contribution in [2.24, 2.45) is 58.2 Å². The molecular formula is C30H50O. The molecule has 0 bridgehead atoms. The summed E-state index contributed by atoms with van der Waals surface area (Å²) >= 11 is 0. The Bertz CT molecular complexity index is 731. The molecule has 0 unspecified atom stereocenters. The third-order valence-electron chi connectivity index (χ3n) is 11.6. The molecule has 4 aliphatic carbocycles. The fourth-order valence-corrected chi connectivity index (χ4v) is 8.88. The fourth-order valence-electron chi connectivity index (χ4n) is 8.88. The first-order valence-electron chi connectivity index (χ1n) is 13.6. The van der Waals surface area contributed by atoms with Gasteiger partial charge < -0.3 is 5.11 Å². The van der Waals surface area contributed by atoms with E-state index >= 15 is 0 Å². The Kier molecular flexibility index (Phi) is 6.35. The summed E-state index contributed by atoms with van der Waals surface area (Å²) in [6.45, 7) is 19.6. The Morgan fingerprint density at radius 1 is 1.00 bits per heavy atom. The second kappa shape index (κ2) is 8.34. The maximum atomic E-state index is 10.5. The van der Waals surface area contributed by atoms with Crippen LogP contribution in [0.1, 0.15) is 100 Å². The van der Waals surface area contributed by atoms with E-state index in [2.05, 4.69) is 67.5 Å². The summed E-state index contributed by atoms with van der Waals surface area (Å²) in [7, 11) is 0. The van der Waals surface area contributed by atoms with Crippen molar-refractivity contribution in [2.75, 3.05) is 0 Å². The molecule has 0 spiro atoms. The van der Waals surface area contributed by atoms with Gasteiger partial charge in [0.25, 0.3) is 0 Å². The van der Waals surface area contributed by atoms with Crippen molar-refractivity contribution in [3.8, 4) is 0 Å². The van der Waals surface area contributed by atoms with Crippen LogP contribution in [0, 0.1) is 58.2 Å². The van der Waals surface area contributed by atoms with Crippen LogP contribution in [0.5, 0.6) is 0 Å². The minimum atomic E-state index is -0.0819. The van der Waals surface area contributed by atoms with Crippen molar-refractivity contribution in [3.63, 3.8) is 0 Å². The number of hydrogen-bond acceptors (Lipinski definition) is 1. The lowest BCUT2D eigenvalue weighted by Crippen LogP contribution is -2.52. The van der Waals surface area contributed by atoms with Crippen molar-refractivity contribution in [3.05, 3.63) is 23.3 Å². The highest BCUT2D eigenvalue weighted by Crippen LogP contribution is 2.67. The predicted octanol–water partition coefficient (Wildman–Crippen LogP) is 8.05. The van der Waals surface area contributed by atoms with E-state index < -0.39 is 0 Å². The van der Waals surface area contributed by atoms with E-state index in [1.807, 2.05) is 5.57 Å². The summed E-state index contributed by atoms with van der Waals surface area (Å²) in [6, 6.07) is 0. The van der Waals surface area contributed by atoms with Crippen LogP contribution >= 0.6 is 0 Å². The van der Waals surface area contributed by atoms with Crippen molar-refractivity contribution in [2.45, 2.75) is 106 Å². The van der Waals surface area contributed by atoms with E-state index in [9.17, 15) is 5.11 Å². The van der Waals surface area contributed by atoms with Crippen LogP contribution in [0.25, 0.3) is 0 Å². The van der Waals surface area contributed by atoms with Crippen LogP contribution in [0.2, 0.25) is 0 Å². The molecule has 0 aliphatic heterocycles. The van der Waals surface area contributed by atoms with Gasteiger partial charge >= 0.3 is 0 Å². The molecule has 0 aromatic heterocycles. The van der Waals surface area contributed by atoms with Crippen LogP contribution in [-0.2, 0) is 0 Å². The summed E-state index contributed by atoms with van der Waals surface area (Å²) in [6.07, 6.45) is 14.2. The van der Waals surface area contributed by atoms with Crippen molar-refractivity contribution in [1.29, 1.82) is 0 Å². The third kappa shape index (κ3) is 3.70. The average Bonchev–Trinajstić information content (AvgIpc) is 3.07. The number of rotatable bonds is 4. The van der Waals surface area contributed by atoms with E-state index in [0.717, 1.165) is 30.1 Å². The minimum absolute atomic E-state index is 0.0819. The monoisotopic (exact) mass is 426 g/mol. The normalized spacial score (nSPS) is 47.3. The minimum Gasteiger partial charge on any atom is -0.393 e. The van der Waals surface area contributed by atoms with Crippen LogP contribution in [0.4, 0.5) is 0 Å². The van der Waals surface area contributed by atoms with E-state index in [4.69, 9.17) is 0 Å². The molecule has 1 nitrogen and oxygen atoms in total. The van der Waals surface area contributed by atoms with Gasteiger partial charge in [-0.3, -0.25) is 0 Å². The summed E-state index contributed by atoms with van der Waals surface area (Å²) in [5.41, 5.74) is 4.37. The summed E-state index contributed by atoms with van der Waals surface area (Å²) < 4.78 is 0. The maximum absolute atomic E-state index is 10.5. The molecule has 4 aliphatic rings. The Morgan fingerprint density at radius 2 is 1.65 bits per heavy atom. The molecule has 31 heavy (non-hydrogen) atoms. The molecule has 0 radical (unpaired) electrons. The Balaban J connectivity index is 1.58. The van der Waals surface area contributed by atoms with Gasteiger partial charge in [0.2, 0.25) is 0 Å². The topological polar surface area (TPSA) is 20.2 Å². The van der Waals surface area contributed by atoms with E-state index in [1.165, 1.54) is 38.5 Å². The van der Waals surface area contributed by atoms with Gasteiger partial charge in [-0.2, -0.15) is 0 Å². The first kappa shape index (κ1) is 23.6. The standard InChI is InChI=1S/C30H50O/c1-18(2)19(3)17-20(4)21(5)24-11-12-26-23-9-10-25-22(6)28(31)14-16-30(25,8)27(23)13-15-29(24,26)7/h9,17-19,21-22,24-28,31H,10-16H2,1-8H3/t19-,21+,22-,24+,25-,26-,27-,28-,29+,30-/m0/s1. The van der Waals surface area contributed by atoms with Gasteiger partial charge in [0.1, 0.15) is 0 Å². The van der Waals surface area contributed by atoms with Crippen LogP contribution in [0.3, 0.4) is 0 Å². The molecule has 1 heteroatoms. The number of allylic oxidation sites excluding steroid dienone is 4. The van der Waals surface area contributed by atoms with Gasteiger partial charge in [-0.1, -0.05) is 71.8 Å². The van der Waals surface area contributed by atoms with E-state index in [0.29, 0.717) is 34.5 Å². The number of fused-ring (bicyclic) bond motifs is 5. The molecule has 0 aromatic carbocycles. The number of hydrogen-bond donors (Lipinski definition) is 1. The van der Waals surface area contributed by atoms with Crippen LogP contribution in [-0.4, -0.2) is 11.2 Å².